The molecule has 7 heteroatoms. The summed E-state index contributed by atoms with van der Waals surface area (Å²) in [5.41, 5.74) is 6.65. The molecule has 1 aliphatic heterocycles. The van der Waals surface area contributed by atoms with Crippen molar-refractivity contribution in [2.24, 2.45) is 5.73 Å². The van der Waals surface area contributed by atoms with Crippen molar-refractivity contribution in [2.75, 3.05) is 13.1 Å². The Morgan fingerprint density at radius 2 is 2.13 bits per heavy atom. The number of aromatic amines is 1. The van der Waals surface area contributed by atoms with Gasteiger partial charge in [-0.1, -0.05) is 15.9 Å². The monoisotopic (exact) mass is 399 g/mol. The SMILES string of the molecule is Cl.NCC1CCCCN1C(=O)c1cc(=O)[nH]c2ccc(Br)cc12. The number of aromatic nitrogens is 1. The van der Waals surface area contributed by atoms with Crippen LogP contribution in [0.2, 0.25) is 0 Å². The van der Waals surface area contributed by atoms with Gasteiger partial charge in [0.25, 0.3) is 5.91 Å². The molecule has 3 rings (SSSR count). The smallest absolute Gasteiger partial charge is 0.255 e. The lowest BCUT2D eigenvalue weighted by Crippen LogP contribution is -2.47. The number of hydrogen-bond donors (Lipinski definition) is 2. The third-order valence-corrected chi connectivity index (χ3v) is 4.69. The fourth-order valence-corrected chi connectivity index (χ4v) is 3.43. The number of carbonyl (C=O) groups excluding carboxylic acids is 1. The molecule has 3 N–H and O–H groups in total. The number of piperidine rings is 1. The van der Waals surface area contributed by atoms with Gasteiger partial charge in [0.2, 0.25) is 5.56 Å². The first kappa shape index (κ1) is 18.0. The molecular formula is C16H19BrClN3O2. The molecule has 1 amide bonds. The predicted octanol–water partition coefficient (Wildman–Crippen LogP) is 2.67. The highest BCUT2D eigenvalue weighted by molar-refractivity contribution is 9.10. The standard InChI is InChI=1S/C16H18BrN3O2.ClH/c17-10-4-5-14-12(7-10)13(8-15(21)19-14)16(22)20-6-2-1-3-11(20)9-18;/h4-5,7-8,11H,1-3,6,9,18H2,(H,19,21);1H. The lowest BCUT2D eigenvalue weighted by atomic mass is 10.00. The van der Waals surface area contributed by atoms with Gasteiger partial charge in [0, 0.05) is 40.6 Å². The molecule has 1 fully saturated rings. The van der Waals surface area contributed by atoms with Crippen LogP contribution in [0.4, 0.5) is 0 Å². The number of benzene rings is 1. The highest BCUT2D eigenvalue weighted by Crippen LogP contribution is 2.24. The van der Waals surface area contributed by atoms with Crippen molar-refractivity contribution < 1.29 is 4.79 Å². The van der Waals surface area contributed by atoms with Gasteiger partial charge in [0.1, 0.15) is 0 Å². The van der Waals surface area contributed by atoms with E-state index < -0.39 is 0 Å². The molecule has 1 aromatic carbocycles. The molecular weight excluding hydrogens is 382 g/mol. The molecule has 0 radical (unpaired) electrons. The van der Waals surface area contributed by atoms with E-state index >= 15 is 0 Å². The fourth-order valence-electron chi connectivity index (χ4n) is 3.07. The van der Waals surface area contributed by atoms with Crippen LogP contribution in [0.25, 0.3) is 10.9 Å². The lowest BCUT2D eigenvalue weighted by molar-refractivity contribution is 0.0625. The maximum Gasteiger partial charge on any atom is 0.255 e. The first-order valence-corrected chi connectivity index (χ1v) is 8.23. The molecule has 1 saturated heterocycles. The zero-order chi connectivity index (χ0) is 15.7. The molecule has 0 aliphatic carbocycles. The van der Waals surface area contributed by atoms with E-state index in [-0.39, 0.29) is 29.9 Å². The summed E-state index contributed by atoms with van der Waals surface area (Å²) in [4.78, 5) is 29.4. The molecule has 2 heterocycles. The van der Waals surface area contributed by atoms with Gasteiger partial charge in [0.05, 0.1) is 5.56 Å². The first-order chi connectivity index (χ1) is 10.6. The van der Waals surface area contributed by atoms with E-state index in [0.29, 0.717) is 24.2 Å². The second kappa shape index (κ2) is 7.47. The number of nitrogens with zero attached hydrogens (tertiary/aromatic N) is 1. The Bertz CT molecular complexity index is 777. The van der Waals surface area contributed by atoms with Gasteiger partial charge in [-0.3, -0.25) is 9.59 Å². The van der Waals surface area contributed by atoms with Crippen molar-refractivity contribution >= 4 is 45.1 Å². The van der Waals surface area contributed by atoms with Crippen LogP contribution in [0, 0.1) is 0 Å². The molecule has 1 aliphatic rings. The highest BCUT2D eigenvalue weighted by atomic mass is 79.9. The van der Waals surface area contributed by atoms with Crippen molar-refractivity contribution in [3.63, 3.8) is 0 Å². The number of halogens is 2. The number of pyridine rings is 1. The van der Waals surface area contributed by atoms with Crippen LogP contribution in [0.1, 0.15) is 29.6 Å². The van der Waals surface area contributed by atoms with Gasteiger partial charge in [-0.05, 0) is 37.5 Å². The van der Waals surface area contributed by atoms with E-state index in [9.17, 15) is 9.59 Å². The summed E-state index contributed by atoms with van der Waals surface area (Å²) in [6.07, 6.45) is 2.99. The number of nitrogens with two attached hydrogens (primary N) is 1. The van der Waals surface area contributed by atoms with Crippen molar-refractivity contribution in [1.29, 1.82) is 0 Å². The Morgan fingerprint density at radius 1 is 1.35 bits per heavy atom. The molecule has 0 spiro atoms. The molecule has 23 heavy (non-hydrogen) atoms. The Morgan fingerprint density at radius 3 is 2.87 bits per heavy atom. The van der Waals surface area contributed by atoms with Crippen LogP contribution in [0.5, 0.6) is 0 Å². The van der Waals surface area contributed by atoms with Crippen LogP contribution < -0.4 is 11.3 Å². The maximum atomic E-state index is 12.9. The van der Waals surface area contributed by atoms with E-state index in [4.69, 9.17) is 5.73 Å². The third-order valence-electron chi connectivity index (χ3n) is 4.20. The van der Waals surface area contributed by atoms with E-state index in [0.717, 1.165) is 29.1 Å². The average Bonchev–Trinajstić information content (AvgIpc) is 2.53. The lowest BCUT2D eigenvalue weighted by Gasteiger charge is -2.35. The summed E-state index contributed by atoms with van der Waals surface area (Å²) < 4.78 is 0.870. The van der Waals surface area contributed by atoms with Gasteiger partial charge < -0.3 is 15.6 Å². The Balaban J connectivity index is 0.00000192. The number of likely N-dealkylation sites (tertiary alicyclic amines) is 1. The fraction of sp³-hybridized carbons (Fsp3) is 0.375. The van der Waals surface area contributed by atoms with Crippen LogP contribution in [0.3, 0.4) is 0 Å². The predicted molar refractivity (Wildman–Crippen MR) is 97.2 cm³/mol. The number of fused-ring (bicyclic) bond motifs is 1. The summed E-state index contributed by atoms with van der Waals surface area (Å²) >= 11 is 3.42. The summed E-state index contributed by atoms with van der Waals surface area (Å²) in [5.74, 6) is -0.107. The van der Waals surface area contributed by atoms with Crippen molar-refractivity contribution in [3.8, 4) is 0 Å². The van der Waals surface area contributed by atoms with E-state index in [2.05, 4.69) is 20.9 Å². The number of rotatable bonds is 2. The van der Waals surface area contributed by atoms with Crippen LogP contribution in [-0.2, 0) is 0 Å². The normalized spacial score (nSPS) is 17.8. The van der Waals surface area contributed by atoms with E-state index in [1.54, 1.807) is 6.07 Å². The zero-order valence-corrected chi connectivity index (χ0v) is 15.0. The maximum absolute atomic E-state index is 12.9. The number of amides is 1. The topological polar surface area (TPSA) is 79.2 Å². The van der Waals surface area contributed by atoms with Crippen molar-refractivity contribution in [2.45, 2.75) is 25.3 Å². The molecule has 5 nitrogen and oxygen atoms in total. The second-order valence-electron chi connectivity index (χ2n) is 5.62. The summed E-state index contributed by atoms with van der Waals surface area (Å²) in [5, 5.41) is 0.750. The van der Waals surface area contributed by atoms with Gasteiger partial charge in [-0.2, -0.15) is 0 Å². The minimum Gasteiger partial charge on any atom is -0.334 e. The summed E-state index contributed by atoms with van der Waals surface area (Å²) in [6, 6.07) is 6.95. The zero-order valence-electron chi connectivity index (χ0n) is 12.5. The molecule has 1 unspecified atom stereocenters. The van der Waals surface area contributed by atoms with Crippen molar-refractivity contribution in [3.05, 3.63) is 44.7 Å². The molecule has 0 bridgehead atoms. The van der Waals surface area contributed by atoms with Crippen LogP contribution in [-0.4, -0.2) is 34.9 Å². The van der Waals surface area contributed by atoms with Gasteiger partial charge in [0.15, 0.2) is 0 Å². The Kier molecular flexibility index (Phi) is 5.84. The molecule has 1 atom stereocenters. The summed E-state index contributed by atoms with van der Waals surface area (Å²) in [6.45, 7) is 1.15. The second-order valence-corrected chi connectivity index (χ2v) is 6.54. The quantitative estimate of drug-likeness (QED) is 0.813. The molecule has 0 saturated carbocycles. The minimum absolute atomic E-state index is 0. The Labute approximate surface area is 148 Å². The third kappa shape index (κ3) is 3.59. The van der Waals surface area contributed by atoms with Gasteiger partial charge in [-0.25, -0.2) is 0 Å². The summed E-state index contributed by atoms with van der Waals surface area (Å²) in [7, 11) is 0. The van der Waals surface area contributed by atoms with Gasteiger partial charge in [-0.15, -0.1) is 12.4 Å². The minimum atomic E-state index is -0.264. The number of nitrogens with one attached hydrogen (secondary N) is 1. The molecule has 2 aromatic rings. The first-order valence-electron chi connectivity index (χ1n) is 7.44. The molecule has 124 valence electrons. The largest absolute Gasteiger partial charge is 0.334 e. The number of hydrogen-bond acceptors (Lipinski definition) is 3. The van der Waals surface area contributed by atoms with Crippen LogP contribution >= 0.6 is 28.3 Å². The van der Waals surface area contributed by atoms with Crippen molar-refractivity contribution in [1.82, 2.24) is 9.88 Å². The number of carbonyl (C=O) groups is 1. The average molecular weight is 401 g/mol. The van der Waals surface area contributed by atoms with Crippen LogP contribution in [0.15, 0.2) is 33.5 Å². The van der Waals surface area contributed by atoms with E-state index in [1.165, 1.54) is 6.07 Å². The Hall–Kier alpha value is -1.37. The number of H-pyrrole nitrogens is 1. The van der Waals surface area contributed by atoms with Gasteiger partial charge >= 0.3 is 0 Å². The van der Waals surface area contributed by atoms with E-state index in [1.807, 2.05) is 17.0 Å². The molecule has 1 aromatic heterocycles. The highest BCUT2D eigenvalue weighted by Gasteiger charge is 2.27.